The first-order valence-electron chi connectivity index (χ1n) is 6.50. The van der Waals surface area contributed by atoms with Gasteiger partial charge < -0.3 is 14.8 Å². The van der Waals surface area contributed by atoms with Gasteiger partial charge in [0.1, 0.15) is 0 Å². The minimum atomic E-state index is -0.117. The number of hydrogen-bond acceptors (Lipinski definition) is 5. The van der Waals surface area contributed by atoms with Gasteiger partial charge in [-0.2, -0.15) is 0 Å². The van der Waals surface area contributed by atoms with E-state index in [4.69, 9.17) is 0 Å². The molecule has 0 radical (unpaired) electrons. The topological polar surface area (TPSA) is 63.1 Å². The van der Waals surface area contributed by atoms with E-state index in [1.165, 1.54) is 11.8 Å². The van der Waals surface area contributed by atoms with E-state index in [0.717, 1.165) is 16.7 Å². The molecule has 0 atom stereocenters. The second-order valence-electron chi connectivity index (χ2n) is 4.79. The quantitative estimate of drug-likeness (QED) is 0.849. The van der Waals surface area contributed by atoms with Crippen LogP contribution in [0.1, 0.15) is 16.2 Å². The molecule has 2 aromatic rings. The molecule has 0 aliphatic carbocycles. The molecule has 1 aromatic carbocycles. The van der Waals surface area contributed by atoms with Gasteiger partial charge in [-0.3, -0.25) is 4.79 Å². The lowest BCUT2D eigenvalue weighted by molar-refractivity contribution is 0.0949. The zero-order chi connectivity index (χ0) is 15.4. The molecule has 0 bridgehead atoms. The summed E-state index contributed by atoms with van der Waals surface area (Å²) in [7, 11) is 5.82. The zero-order valence-corrected chi connectivity index (χ0v) is 13.4. The SMILES string of the molecule is CSc1nnc(CNC(=O)c2ccc(N(C)C)cc2)n1C. The largest absolute Gasteiger partial charge is 0.378 e. The fraction of sp³-hybridized carbons (Fsp3) is 0.357. The Balaban J connectivity index is 1.99. The van der Waals surface area contributed by atoms with E-state index < -0.39 is 0 Å². The van der Waals surface area contributed by atoms with Crippen LogP contribution in [0.5, 0.6) is 0 Å². The maximum atomic E-state index is 12.1. The first kappa shape index (κ1) is 15.4. The molecule has 1 heterocycles. The van der Waals surface area contributed by atoms with Crippen molar-refractivity contribution in [3.63, 3.8) is 0 Å². The molecule has 2 rings (SSSR count). The van der Waals surface area contributed by atoms with Crippen LogP contribution in [0, 0.1) is 0 Å². The van der Waals surface area contributed by atoms with Gasteiger partial charge in [0.05, 0.1) is 6.54 Å². The van der Waals surface area contributed by atoms with Crippen molar-refractivity contribution in [2.75, 3.05) is 25.3 Å². The molecule has 0 aliphatic heterocycles. The van der Waals surface area contributed by atoms with Crippen molar-refractivity contribution in [2.45, 2.75) is 11.7 Å². The van der Waals surface area contributed by atoms with Crippen molar-refractivity contribution >= 4 is 23.4 Å². The number of rotatable bonds is 5. The van der Waals surface area contributed by atoms with Crippen LogP contribution in [0.3, 0.4) is 0 Å². The summed E-state index contributed by atoms with van der Waals surface area (Å²) >= 11 is 1.52. The molecular formula is C14H19N5OS. The first-order chi connectivity index (χ1) is 10.0. The van der Waals surface area contributed by atoms with Crippen LogP contribution >= 0.6 is 11.8 Å². The highest BCUT2D eigenvalue weighted by Gasteiger charge is 2.10. The second-order valence-corrected chi connectivity index (χ2v) is 5.56. The zero-order valence-electron chi connectivity index (χ0n) is 12.6. The van der Waals surface area contributed by atoms with Crippen LogP contribution in [0.4, 0.5) is 5.69 Å². The maximum absolute atomic E-state index is 12.1. The Labute approximate surface area is 128 Å². The predicted molar refractivity (Wildman–Crippen MR) is 84.7 cm³/mol. The highest BCUT2D eigenvalue weighted by Crippen LogP contribution is 2.13. The van der Waals surface area contributed by atoms with Crippen molar-refractivity contribution in [3.05, 3.63) is 35.7 Å². The normalized spacial score (nSPS) is 10.5. The van der Waals surface area contributed by atoms with Crippen LogP contribution in [-0.4, -0.2) is 41.0 Å². The Morgan fingerprint density at radius 2 is 1.95 bits per heavy atom. The number of nitrogens with zero attached hydrogens (tertiary/aromatic N) is 4. The Bertz CT molecular complexity index is 621. The molecule has 0 saturated heterocycles. The molecule has 0 aliphatic rings. The van der Waals surface area contributed by atoms with Gasteiger partial charge in [0.25, 0.3) is 5.91 Å². The van der Waals surface area contributed by atoms with E-state index in [-0.39, 0.29) is 5.91 Å². The molecule has 0 spiro atoms. The summed E-state index contributed by atoms with van der Waals surface area (Å²) in [5.41, 5.74) is 1.69. The third kappa shape index (κ3) is 3.55. The molecule has 1 aromatic heterocycles. The number of amides is 1. The van der Waals surface area contributed by atoms with E-state index in [9.17, 15) is 4.79 Å². The van der Waals surface area contributed by atoms with Crippen LogP contribution in [0.25, 0.3) is 0 Å². The molecule has 0 fully saturated rings. The average molecular weight is 305 g/mol. The van der Waals surface area contributed by atoms with Crippen molar-refractivity contribution in [1.29, 1.82) is 0 Å². The van der Waals surface area contributed by atoms with Gasteiger partial charge in [-0.1, -0.05) is 11.8 Å². The van der Waals surface area contributed by atoms with E-state index in [0.29, 0.717) is 12.1 Å². The number of nitrogens with one attached hydrogen (secondary N) is 1. The van der Waals surface area contributed by atoms with E-state index in [1.54, 1.807) is 0 Å². The molecule has 1 N–H and O–H groups in total. The number of aromatic nitrogens is 3. The third-order valence-corrected chi connectivity index (χ3v) is 3.88. The van der Waals surface area contributed by atoms with Gasteiger partial charge in [0.2, 0.25) is 0 Å². The summed E-state index contributed by atoms with van der Waals surface area (Å²) in [6.45, 7) is 0.359. The predicted octanol–water partition coefficient (Wildman–Crippen LogP) is 1.53. The molecule has 0 saturated carbocycles. The number of anilines is 1. The molecule has 1 amide bonds. The van der Waals surface area contributed by atoms with Gasteiger partial charge >= 0.3 is 0 Å². The summed E-state index contributed by atoms with van der Waals surface area (Å²) < 4.78 is 1.88. The fourth-order valence-electron chi connectivity index (χ4n) is 1.85. The van der Waals surface area contributed by atoms with Crippen molar-refractivity contribution in [2.24, 2.45) is 7.05 Å². The number of carbonyl (C=O) groups is 1. The Kier molecular flexibility index (Phi) is 4.85. The Morgan fingerprint density at radius 3 is 2.48 bits per heavy atom. The monoisotopic (exact) mass is 305 g/mol. The number of benzene rings is 1. The highest BCUT2D eigenvalue weighted by atomic mass is 32.2. The molecule has 0 unspecified atom stereocenters. The van der Waals surface area contributed by atoms with Gasteiger partial charge in [-0.15, -0.1) is 10.2 Å². The van der Waals surface area contributed by atoms with E-state index in [2.05, 4.69) is 15.5 Å². The van der Waals surface area contributed by atoms with Crippen molar-refractivity contribution in [1.82, 2.24) is 20.1 Å². The number of hydrogen-bond donors (Lipinski definition) is 1. The summed E-state index contributed by atoms with van der Waals surface area (Å²) in [5.74, 6) is 0.617. The second kappa shape index (κ2) is 6.62. The lowest BCUT2D eigenvalue weighted by Crippen LogP contribution is -2.24. The molecule has 21 heavy (non-hydrogen) atoms. The summed E-state index contributed by atoms with van der Waals surface area (Å²) in [6.07, 6.45) is 1.94. The molecular weight excluding hydrogens is 286 g/mol. The van der Waals surface area contributed by atoms with Gasteiger partial charge in [-0.05, 0) is 30.5 Å². The lowest BCUT2D eigenvalue weighted by atomic mass is 10.2. The van der Waals surface area contributed by atoms with E-state index in [1.807, 2.05) is 61.1 Å². The molecule has 6 nitrogen and oxygen atoms in total. The fourth-order valence-corrected chi connectivity index (χ4v) is 2.35. The van der Waals surface area contributed by atoms with Gasteiger partial charge in [-0.25, -0.2) is 0 Å². The average Bonchev–Trinajstić information content (AvgIpc) is 2.85. The van der Waals surface area contributed by atoms with Crippen molar-refractivity contribution < 1.29 is 4.79 Å². The Morgan fingerprint density at radius 1 is 1.29 bits per heavy atom. The minimum absolute atomic E-state index is 0.117. The van der Waals surface area contributed by atoms with Crippen LogP contribution < -0.4 is 10.2 Å². The number of thioether (sulfide) groups is 1. The smallest absolute Gasteiger partial charge is 0.251 e. The number of carbonyl (C=O) groups excluding carboxylic acids is 1. The molecule has 7 heteroatoms. The molecule has 112 valence electrons. The van der Waals surface area contributed by atoms with Crippen LogP contribution in [0.2, 0.25) is 0 Å². The van der Waals surface area contributed by atoms with Crippen molar-refractivity contribution in [3.8, 4) is 0 Å². The van der Waals surface area contributed by atoms with Gasteiger partial charge in [0, 0.05) is 32.4 Å². The summed E-state index contributed by atoms with van der Waals surface area (Å²) in [6, 6.07) is 7.47. The maximum Gasteiger partial charge on any atom is 0.251 e. The minimum Gasteiger partial charge on any atom is -0.378 e. The Hall–Kier alpha value is -2.02. The third-order valence-electron chi connectivity index (χ3n) is 3.16. The van der Waals surface area contributed by atoms with Gasteiger partial charge in [0.15, 0.2) is 11.0 Å². The highest BCUT2D eigenvalue weighted by molar-refractivity contribution is 7.98. The lowest BCUT2D eigenvalue weighted by Gasteiger charge is -2.12. The van der Waals surface area contributed by atoms with Crippen LogP contribution in [0.15, 0.2) is 29.4 Å². The van der Waals surface area contributed by atoms with Crippen LogP contribution in [-0.2, 0) is 13.6 Å². The van der Waals surface area contributed by atoms with E-state index >= 15 is 0 Å². The summed E-state index contributed by atoms with van der Waals surface area (Å²) in [4.78, 5) is 14.1. The summed E-state index contributed by atoms with van der Waals surface area (Å²) in [5, 5.41) is 11.8. The standard InChI is InChI=1S/C14H19N5OS/c1-18(2)11-7-5-10(6-8-11)13(20)15-9-12-16-17-14(21-4)19(12)3/h5-8H,9H2,1-4H3,(H,15,20). The first-order valence-corrected chi connectivity index (χ1v) is 7.73.